The van der Waals surface area contributed by atoms with Gasteiger partial charge in [-0.25, -0.2) is 17.5 Å². The van der Waals surface area contributed by atoms with Crippen LogP contribution in [-0.4, -0.2) is 84.7 Å². The van der Waals surface area contributed by atoms with Gasteiger partial charge in [0, 0.05) is 50.8 Å². The third-order valence-electron chi connectivity index (χ3n) is 8.87. The zero-order valence-corrected chi connectivity index (χ0v) is 23.8. The summed E-state index contributed by atoms with van der Waals surface area (Å²) in [6.07, 6.45) is 2.17. The molecule has 3 aliphatic heterocycles. The van der Waals surface area contributed by atoms with E-state index in [0.717, 1.165) is 63.5 Å². The minimum Gasteiger partial charge on any atom is -0.478 e. The van der Waals surface area contributed by atoms with Crippen molar-refractivity contribution in [3.8, 4) is 0 Å². The Labute approximate surface area is 239 Å². The summed E-state index contributed by atoms with van der Waals surface area (Å²) >= 11 is 0. The first-order valence-corrected chi connectivity index (χ1v) is 15.8. The highest BCUT2D eigenvalue weighted by atomic mass is 32.2. The number of sulfonamides is 1. The molecule has 1 N–H and O–H groups in total. The molecule has 5 rings (SSSR count). The maximum absolute atomic E-state index is 13.5. The van der Waals surface area contributed by atoms with E-state index < -0.39 is 33.0 Å². The number of carboxylic acids is 1. The molecule has 2 aromatic rings. The molecule has 0 spiro atoms. The van der Waals surface area contributed by atoms with Crippen LogP contribution in [0.5, 0.6) is 0 Å². The van der Waals surface area contributed by atoms with E-state index >= 15 is 0 Å². The normalized spacial score (nSPS) is 22.6. The van der Waals surface area contributed by atoms with Crippen molar-refractivity contribution in [3.63, 3.8) is 0 Å². The van der Waals surface area contributed by atoms with Crippen molar-refractivity contribution in [2.45, 2.75) is 55.9 Å². The van der Waals surface area contributed by atoms with Gasteiger partial charge in [-0.3, -0.25) is 4.98 Å². The van der Waals surface area contributed by atoms with Crippen LogP contribution in [0.3, 0.4) is 0 Å². The Kier molecular flexibility index (Phi) is 8.91. The lowest BCUT2D eigenvalue weighted by Crippen LogP contribution is -2.49. The molecule has 4 heterocycles. The average molecular weight is 595 g/mol. The number of likely N-dealkylation sites (tertiary alicyclic amines) is 1. The second-order valence-electron chi connectivity index (χ2n) is 11.5. The topological polar surface area (TPSA) is 94.0 Å². The summed E-state index contributed by atoms with van der Waals surface area (Å²) in [5.41, 5.74) is 0.950. The number of hydrogen-bond donors (Lipinski definition) is 1. The molecular formula is C29H37F3N4O4S. The van der Waals surface area contributed by atoms with E-state index in [1.807, 2.05) is 12.1 Å². The fourth-order valence-electron chi connectivity index (χ4n) is 6.44. The van der Waals surface area contributed by atoms with E-state index in [1.54, 1.807) is 12.1 Å². The van der Waals surface area contributed by atoms with Gasteiger partial charge < -0.3 is 14.9 Å². The van der Waals surface area contributed by atoms with Crippen LogP contribution in [0.4, 0.5) is 18.9 Å². The van der Waals surface area contributed by atoms with Crippen molar-refractivity contribution in [1.29, 1.82) is 0 Å². The Morgan fingerprint density at radius 2 is 1.63 bits per heavy atom. The predicted molar refractivity (Wildman–Crippen MR) is 150 cm³/mol. The first-order chi connectivity index (χ1) is 19.5. The molecule has 12 heteroatoms. The highest BCUT2D eigenvalue weighted by Crippen LogP contribution is 2.35. The number of piperidine rings is 3. The minimum absolute atomic E-state index is 0.198. The Bertz CT molecular complexity index is 1310. The van der Waals surface area contributed by atoms with Crippen LogP contribution in [0.2, 0.25) is 0 Å². The molecule has 0 amide bonds. The number of anilines is 1. The summed E-state index contributed by atoms with van der Waals surface area (Å²) < 4.78 is 68.1. The van der Waals surface area contributed by atoms with Gasteiger partial charge in [-0.2, -0.15) is 13.2 Å². The SMILES string of the molecule is O=C(O)c1ccc(N2CCC(CN3CCC(S(=O)(=O)N4CCCC(c5cncc(C(F)(F)F)c5)C4)CC3)CC2)cc1. The summed E-state index contributed by atoms with van der Waals surface area (Å²) in [6, 6.07) is 8.08. The first-order valence-electron chi connectivity index (χ1n) is 14.3. The van der Waals surface area contributed by atoms with Crippen LogP contribution in [0, 0.1) is 5.92 Å². The highest BCUT2D eigenvalue weighted by molar-refractivity contribution is 7.89. The molecular weight excluding hydrogens is 557 g/mol. The number of hydrogen-bond acceptors (Lipinski definition) is 6. The van der Waals surface area contributed by atoms with Crippen LogP contribution in [-0.2, 0) is 16.2 Å². The smallest absolute Gasteiger partial charge is 0.417 e. The maximum Gasteiger partial charge on any atom is 0.417 e. The summed E-state index contributed by atoms with van der Waals surface area (Å²) in [4.78, 5) is 19.5. The van der Waals surface area contributed by atoms with Crippen LogP contribution in [0.15, 0.2) is 42.7 Å². The van der Waals surface area contributed by atoms with Crippen molar-refractivity contribution < 1.29 is 31.5 Å². The molecule has 0 aliphatic carbocycles. The molecule has 1 aromatic heterocycles. The van der Waals surface area contributed by atoms with Gasteiger partial charge in [0.1, 0.15) is 0 Å². The quantitative estimate of drug-likeness (QED) is 0.497. The third-order valence-corrected chi connectivity index (χ3v) is 11.2. The molecule has 8 nitrogen and oxygen atoms in total. The van der Waals surface area contributed by atoms with Crippen molar-refractivity contribution in [1.82, 2.24) is 14.2 Å². The number of alkyl halides is 3. The van der Waals surface area contributed by atoms with Crippen molar-refractivity contribution in [2.24, 2.45) is 5.92 Å². The molecule has 3 fully saturated rings. The lowest BCUT2D eigenvalue weighted by atomic mass is 9.92. The summed E-state index contributed by atoms with van der Waals surface area (Å²) in [5, 5.41) is 8.64. The van der Waals surface area contributed by atoms with Gasteiger partial charge in [0.25, 0.3) is 0 Å². The van der Waals surface area contributed by atoms with Gasteiger partial charge in [-0.1, -0.05) is 0 Å². The maximum atomic E-state index is 13.5. The molecule has 0 bridgehead atoms. The van der Waals surface area contributed by atoms with Gasteiger partial charge in [-0.15, -0.1) is 0 Å². The van der Waals surface area contributed by atoms with Crippen LogP contribution < -0.4 is 4.90 Å². The Hall–Kier alpha value is -2.70. The molecule has 1 atom stereocenters. The van der Waals surface area contributed by atoms with Crippen LogP contribution >= 0.6 is 0 Å². The molecule has 41 heavy (non-hydrogen) atoms. The number of nitrogens with zero attached hydrogens (tertiary/aromatic N) is 4. The first kappa shape index (κ1) is 29.8. The molecule has 224 valence electrons. The van der Waals surface area contributed by atoms with E-state index in [-0.39, 0.29) is 18.0 Å². The number of carboxylic acid groups (broad SMARTS) is 1. The van der Waals surface area contributed by atoms with E-state index in [9.17, 15) is 26.4 Å². The Morgan fingerprint density at radius 1 is 0.951 bits per heavy atom. The number of pyridine rings is 1. The summed E-state index contributed by atoms with van der Waals surface area (Å²) in [6.45, 7) is 4.78. The fraction of sp³-hybridized carbons (Fsp3) is 0.586. The van der Waals surface area contributed by atoms with Crippen molar-refractivity contribution in [3.05, 3.63) is 59.4 Å². The van der Waals surface area contributed by atoms with E-state index in [2.05, 4.69) is 14.8 Å². The second kappa shape index (κ2) is 12.3. The number of aromatic carboxylic acids is 1. The molecule has 1 aromatic carbocycles. The number of carbonyl (C=O) groups is 1. The average Bonchev–Trinajstić information content (AvgIpc) is 2.98. The molecule has 0 saturated carbocycles. The monoisotopic (exact) mass is 594 g/mol. The van der Waals surface area contributed by atoms with Crippen molar-refractivity contribution in [2.75, 3.05) is 50.7 Å². The highest BCUT2D eigenvalue weighted by Gasteiger charge is 2.38. The van der Waals surface area contributed by atoms with Gasteiger partial charge in [0.05, 0.1) is 16.4 Å². The lowest BCUT2D eigenvalue weighted by Gasteiger charge is -2.40. The lowest BCUT2D eigenvalue weighted by molar-refractivity contribution is -0.137. The van der Waals surface area contributed by atoms with Crippen molar-refractivity contribution >= 4 is 21.7 Å². The Balaban J connectivity index is 1.10. The zero-order chi connectivity index (χ0) is 29.2. The summed E-state index contributed by atoms with van der Waals surface area (Å²) in [7, 11) is -3.55. The van der Waals surface area contributed by atoms with E-state index in [0.29, 0.717) is 43.7 Å². The van der Waals surface area contributed by atoms with Gasteiger partial charge in [0.15, 0.2) is 0 Å². The fourth-order valence-corrected chi connectivity index (χ4v) is 8.44. The number of halogens is 3. The second-order valence-corrected chi connectivity index (χ2v) is 13.7. The number of rotatable bonds is 7. The van der Waals surface area contributed by atoms with Gasteiger partial charge in [-0.05, 0) is 99.3 Å². The number of aromatic nitrogens is 1. The summed E-state index contributed by atoms with van der Waals surface area (Å²) in [5.74, 6) is -0.698. The largest absolute Gasteiger partial charge is 0.478 e. The molecule has 1 unspecified atom stereocenters. The Morgan fingerprint density at radius 3 is 2.27 bits per heavy atom. The molecule has 0 radical (unpaired) electrons. The van der Waals surface area contributed by atoms with Gasteiger partial charge >= 0.3 is 12.1 Å². The predicted octanol–water partition coefficient (Wildman–Crippen LogP) is 4.69. The van der Waals surface area contributed by atoms with E-state index in [1.165, 1.54) is 10.5 Å². The van der Waals surface area contributed by atoms with Crippen LogP contribution in [0.25, 0.3) is 0 Å². The van der Waals surface area contributed by atoms with Crippen LogP contribution in [0.1, 0.15) is 65.9 Å². The standard InChI is InChI=1S/C29H37F3N4O4S/c30-29(31,32)25-16-24(17-33-18-25)23-2-1-11-36(20-23)41(39,40)27-9-12-34(13-10-27)19-21-7-14-35(15-8-21)26-5-3-22(4-6-26)28(37)38/h3-6,16-18,21,23,27H,1-2,7-15,19-20H2,(H,37,38). The zero-order valence-electron chi connectivity index (χ0n) is 23.0. The van der Waals surface area contributed by atoms with Gasteiger partial charge in [0.2, 0.25) is 10.0 Å². The minimum atomic E-state index is -4.48. The third kappa shape index (κ3) is 7.03. The van der Waals surface area contributed by atoms with E-state index in [4.69, 9.17) is 5.11 Å². The molecule has 3 saturated heterocycles. The number of benzene rings is 1. The molecule has 3 aliphatic rings.